The fraction of sp³-hybridized carbons (Fsp3) is 0.261. The standard InChI is InChI=1S/C23H23FN6O2S/c1-2-3-8-19-25-22(33-14-24)20(23(31)32)30(19)13-15-9-11-16(12-10-15)17-6-4-5-7-18(17)21-26-28-29-27-21/h4-7,9-12H,2-3,8,13-14H2,1H3,(H,31,32)(H,26,27,28,29). The van der Waals surface area contributed by atoms with Gasteiger partial charge in [0.15, 0.2) is 5.69 Å². The zero-order valence-electron chi connectivity index (χ0n) is 18.0. The molecule has 0 aliphatic rings. The highest BCUT2D eigenvalue weighted by molar-refractivity contribution is 7.99. The smallest absolute Gasteiger partial charge is 0.355 e. The topological polar surface area (TPSA) is 110 Å². The molecule has 2 aromatic heterocycles. The first-order valence-corrected chi connectivity index (χ1v) is 11.5. The largest absolute Gasteiger partial charge is 0.476 e. The molecule has 8 nitrogen and oxygen atoms in total. The van der Waals surface area contributed by atoms with E-state index in [0.717, 1.165) is 46.9 Å². The van der Waals surface area contributed by atoms with Crippen molar-refractivity contribution in [3.8, 4) is 22.5 Å². The molecule has 2 heterocycles. The van der Waals surface area contributed by atoms with Gasteiger partial charge in [0.05, 0.1) is 0 Å². The summed E-state index contributed by atoms with van der Waals surface area (Å²) in [6, 6.07) is 14.9. The van der Waals surface area contributed by atoms with Gasteiger partial charge >= 0.3 is 5.97 Å². The minimum absolute atomic E-state index is 0.0373. The number of benzene rings is 2. The molecule has 0 unspecified atom stereocenters. The number of carboxylic acid groups (broad SMARTS) is 1. The van der Waals surface area contributed by atoms with Gasteiger partial charge in [-0.25, -0.2) is 14.2 Å². The number of thioether (sulfide) groups is 1. The normalized spacial score (nSPS) is 11.1. The van der Waals surface area contributed by atoms with Crippen LogP contribution in [0.15, 0.2) is 53.6 Å². The summed E-state index contributed by atoms with van der Waals surface area (Å²) in [5.41, 5.74) is 3.75. The molecule has 10 heteroatoms. The first-order valence-electron chi connectivity index (χ1n) is 10.6. The molecule has 0 spiro atoms. The van der Waals surface area contributed by atoms with E-state index in [9.17, 15) is 14.3 Å². The molecular weight excluding hydrogens is 443 g/mol. The van der Waals surface area contributed by atoms with Gasteiger partial charge in [-0.2, -0.15) is 5.21 Å². The van der Waals surface area contributed by atoms with Crippen LogP contribution in [0, 0.1) is 0 Å². The molecule has 0 atom stereocenters. The number of hydrogen-bond donors (Lipinski definition) is 2. The average Bonchev–Trinajstić information content (AvgIpc) is 3.47. The number of carboxylic acids is 1. The third kappa shape index (κ3) is 4.95. The molecule has 0 saturated carbocycles. The number of H-pyrrole nitrogens is 1. The molecular formula is C23H23FN6O2S. The summed E-state index contributed by atoms with van der Waals surface area (Å²) in [5, 5.41) is 24.3. The van der Waals surface area contributed by atoms with Gasteiger partial charge in [-0.1, -0.05) is 73.6 Å². The van der Waals surface area contributed by atoms with Crippen molar-refractivity contribution in [3.63, 3.8) is 0 Å². The quantitative estimate of drug-likeness (QED) is 0.322. The number of alkyl halides is 1. The summed E-state index contributed by atoms with van der Waals surface area (Å²) in [6.07, 6.45) is 2.47. The van der Waals surface area contributed by atoms with Crippen molar-refractivity contribution < 1.29 is 14.3 Å². The van der Waals surface area contributed by atoms with Gasteiger partial charge in [0.2, 0.25) is 5.82 Å². The van der Waals surface area contributed by atoms with E-state index in [0.29, 0.717) is 24.6 Å². The lowest BCUT2D eigenvalue weighted by Crippen LogP contribution is -2.13. The molecule has 0 saturated heterocycles. The summed E-state index contributed by atoms with van der Waals surface area (Å²) in [5.74, 6) is 0.0706. The number of nitrogens with one attached hydrogen (secondary N) is 1. The van der Waals surface area contributed by atoms with Crippen molar-refractivity contribution in [1.29, 1.82) is 0 Å². The van der Waals surface area contributed by atoms with Crippen LogP contribution in [0.1, 0.15) is 41.6 Å². The van der Waals surface area contributed by atoms with E-state index in [1.807, 2.05) is 48.5 Å². The first kappa shape index (κ1) is 22.7. The van der Waals surface area contributed by atoms with Crippen molar-refractivity contribution in [1.82, 2.24) is 30.2 Å². The van der Waals surface area contributed by atoms with E-state index in [-0.39, 0.29) is 10.7 Å². The number of unbranched alkanes of at least 4 members (excludes halogenated alkanes) is 1. The van der Waals surface area contributed by atoms with Gasteiger partial charge in [-0.15, -0.1) is 10.2 Å². The summed E-state index contributed by atoms with van der Waals surface area (Å²) < 4.78 is 14.7. The highest BCUT2D eigenvalue weighted by Gasteiger charge is 2.23. The third-order valence-corrected chi connectivity index (χ3v) is 5.95. The van der Waals surface area contributed by atoms with Crippen molar-refractivity contribution in [2.45, 2.75) is 37.8 Å². The number of hydrogen-bond acceptors (Lipinski definition) is 6. The van der Waals surface area contributed by atoms with Crippen molar-refractivity contribution in [2.75, 3.05) is 6.01 Å². The van der Waals surface area contributed by atoms with E-state index in [1.54, 1.807) is 4.57 Å². The highest BCUT2D eigenvalue weighted by atomic mass is 32.2. The predicted molar refractivity (Wildman–Crippen MR) is 124 cm³/mol. The summed E-state index contributed by atoms with van der Waals surface area (Å²) >= 11 is 0.810. The molecule has 170 valence electrons. The molecule has 2 aromatic carbocycles. The summed E-state index contributed by atoms with van der Waals surface area (Å²) in [7, 11) is 0. The lowest BCUT2D eigenvalue weighted by Gasteiger charge is -2.12. The summed E-state index contributed by atoms with van der Waals surface area (Å²) in [4.78, 5) is 16.4. The number of tetrazole rings is 1. The molecule has 33 heavy (non-hydrogen) atoms. The number of carbonyl (C=O) groups is 1. The Balaban J connectivity index is 1.66. The second-order valence-electron chi connectivity index (χ2n) is 7.41. The second kappa shape index (κ2) is 10.4. The number of nitrogens with zero attached hydrogens (tertiary/aromatic N) is 5. The van der Waals surface area contributed by atoms with Crippen LogP contribution in [0.4, 0.5) is 4.39 Å². The Morgan fingerprint density at radius 3 is 2.55 bits per heavy atom. The number of aromatic carboxylic acids is 1. The number of aromatic amines is 1. The van der Waals surface area contributed by atoms with Gasteiger partial charge < -0.3 is 9.67 Å². The summed E-state index contributed by atoms with van der Waals surface area (Å²) in [6.45, 7) is 2.40. The van der Waals surface area contributed by atoms with Gasteiger partial charge in [0, 0.05) is 18.5 Å². The molecule has 0 fully saturated rings. The van der Waals surface area contributed by atoms with Crippen LogP contribution in [-0.4, -0.2) is 47.3 Å². The lowest BCUT2D eigenvalue weighted by molar-refractivity contribution is 0.0681. The van der Waals surface area contributed by atoms with Crippen LogP contribution in [0.2, 0.25) is 0 Å². The molecule has 4 aromatic rings. The fourth-order valence-electron chi connectivity index (χ4n) is 3.71. The molecule has 4 rings (SSSR count). The highest BCUT2D eigenvalue weighted by Crippen LogP contribution is 2.30. The Kier molecular flexibility index (Phi) is 7.13. The molecule has 0 bridgehead atoms. The van der Waals surface area contributed by atoms with E-state index < -0.39 is 12.0 Å². The van der Waals surface area contributed by atoms with Crippen molar-refractivity contribution in [2.24, 2.45) is 0 Å². The lowest BCUT2D eigenvalue weighted by atomic mass is 9.98. The van der Waals surface area contributed by atoms with Crippen LogP contribution in [0.25, 0.3) is 22.5 Å². The van der Waals surface area contributed by atoms with Crippen LogP contribution in [0.5, 0.6) is 0 Å². The molecule has 0 amide bonds. The minimum Gasteiger partial charge on any atom is -0.476 e. The molecule has 2 N–H and O–H groups in total. The Morgan fingerprint density at radius 2 is 1.91 bits per heavy atom. The average molecular weight is 467 g/mol. The zero-order valence-corrected chi connectivity index (χ0v) is 18.8. The van der Waals surface area contributed by atoms with E-state index >= 15 is 0 Å². The maximum Gasteiger partial charge on any atom is 0.355 e. The first-order chi connectivity index (χ1) is 16.1. The minimum atomic E-state index is -1.10. The second-order valence-corrected chi connectivity index (χ2v) is 8.30. The van der Waals surface area contributed by atoms with Gasteiger partial charge in [-0.3, -0.25) is 0 Å². The zero-order chi connectivity index (χ0) is 23.2. The van der Waals surface area contributed by atoms with Crippen LogP contribution >= 0.6 is 11.8 Å². The number of aryl methyl sites for hydroxylation is 1. The van der Waals surface area contributed by atoms with Gasteiger partial charge in [-0.05, 0) is 28.3 Å². The van der Waals surface area contributed by atoms with Gasteiger partial charge in [0.25, 0.3) is 0 Å². The maximum absolute atomic E-state index is 13.0. The van der Waals surface area contributed by atoms with Crippen molar-refractivity contribution >= 4 is 17.7 Å². The fourth-order valence-corrected chi connectivity index (χ4v) is 4.32. The predicted octanol–water partition coefficient (Wildman–Crippen LogP) is 4.84. The van der Waals surface area contributed by atoms with Crippen molar-refractivity contribution in [3.05, 3.63) is 65.6 Å². The van der Waals surface area contributed by atoms with Crippen LogP contribution in [-0.2, 0) is 13.0 Å². The van der Waals surface area contributed by atoms with E-state index in [1.165, 1.54) is 0 Å². The Bertz CT molecular complexity index is 1220. The van der Waals surface area contributed by atoms with E-state index in [2.05, 4.69) is 32.5 Å². The van der Waals surface area contributed by atoms with E-state index in [4.69, 9.17) is 0 Å². The SMILES string of the molecule is CCCCc1nc(SCF)c(C(=O)O)n1Cc1ccc(-c2ccccc2-c2nn[nH]n2)cc1. The molecule has 0 aliphatic carbocycles. The Hall–Kier alpha value is -3.53. The molecule has 0 aliphatic heterocycles. The van der Waals surface area contributed by atoms with Gasteiger partial charge in [0.1, 0.15) is 16.9 Å². The molecule has 0 radical (unpaired) electrons. The number of rotatable bonds is 10. The third-order valence-electron chi connectivity index (χ3n) is 5.28. The maximum atomic E-state index is 13.0. The Morgan fingerprint density at radius 1 is 1.15 bits per heavy atom. The number of imidazole rings is 1. The Labute approximate surface area is 194 Å². The number of aromatic nitrogens is 6. The monoisotopic (exact) mass is 466 g/mol. The van der Waals surface area contributed by atoms with Crippen LogP contribution < -0.4 is 0 Å². The number of halogens is 1. The van der Waals surface area contributed by atoms with Crippen LogP contribution in [0.3, 0.4) is 0 Å².